The first kappa shape index (κ1) is 18.5. The number of hydrogen-bond donors (Lipinski definition) is 1. The fourth-order valence-electron chi connectivity index (χ4n) is 3.74. The van der Waals surface area contributed by atoms with Crippen LogP contribution in [-0.2, 0) is 13.1 Å². The summed E-state index contributed by atoms with van der Waals surface area (Å²) in [5.41, 5.74) is 2.39. The van der Waals surface area contributed by atoms with E-state index in [0.29, 0.717) is 49.5 Å². The molecular weight excluding hydrogens is 358 g/mol. The third kappa shape index (κ3) is 3.35. The molecule has 1 fully saturated rings. The van der Waals surface area contributed by atoms with E-state index in [0.717, 1.165) is 18.8 Å². The van der Waals surface area contributed by atoms with Crippen LogP contribution in [0.4, 0.5) is 0 Å². The zero-order valence-electron chi connectivity index (χ0n) is 16.3. The van der Waals surface area contributed by atoms with E-state index in [1.54, 1.807) is 36.1 Å². The molecule has 2 amide bonds. The van der Waals surface area contributed by atoms with Crippen molar-refractivity contribution in [3.05, 3.63) is 46.8 Å². The minimum Gasteiger partial charge on any atom is -0.508 e. The predicted octanol–water partition coefficient (Wildman–Crippen LogP) is 0.941. The highest BCUT2D eigenvalue weighted by Crippen LogP contribution is 2.23. The molecule has 4 rings (SSSR count). The Morgan fingerprint density at radius 1 is 1.00 bits per heavy atom. The molecule has 3 heterocycles. The van der Waals surface area contributed by atoms with Crippen molar-refractivity contribution in [2.75, 3.05) is 39.8 Å². The van der Waals surface area contributed by atoms with E-state index < -0.39 is 0 Å². The van der Waals surface area contributed by atoms with Gasteiger partial charge < -0.3 is 19.8 Å². The number of benzene rings is 1. The summed E-state index contributed by atoms with van der Waals surface area (Å²) in [7, 11) is 2.05. The van der Waals surface area contributed by atoms with Crippen LogP contribution in [0.1, 0.15) is 32.1 Å². The lowest BCUT2D eigenvalue weighted by Gasteiger charge is -2.31. The number of phenols is 1. The van der Waals surface area contributed by atoms with Gasteiger partial charge in [0, 0.05) is 43.9 Å². The van der Waals surface area contributed by atoms with Crippen molar-refractivity contribution in [1.82, 2.24) is 24.5 Å². The molecule has 2 aromatic rings. The summed E-state index contributed by atoms with van der Waals surface area (Å²) in [6, 6.07) is 6.78. The average molecular weight is 383 g/mol. The summed E-state index contributed by atoms with van der Waals surface area (Å²) in [6.45, 7) is 6.35. The van der Waals surface area contributed by atoms with Crippen LogP contribution in [0, 0.1) is 6.92 Å². The quantitative estimate of drug-likeness (QED) is 0.835. The number of amides is 2. The summed E-state index contributed by atoms with van der Waals surface area (Å²) in [4.78, 5) is 31.5. The molecule has 2 aliphatic rings. The highest BCUT2D eigenvalue weighted by atomic mass is 16.3. The van der Waals surface area contributed by atoms with Crippen LogP contribution in [0.3, 0.4) is 0 Å². The van der Waals surface area contributed by atoms with E-state index in [2.05, 4.69) is 17.0 Å². The van der Waals surface area contributed by atoms with Gasteiger partial charge in [0.05, 0.1) is 18.8 Å². The van der Waals surface area contributed by atoms with E-state index in [9.17, 15) is 14.7 Å². The molecule has 1 aromatic heterocycles. The molecular formula is C20H25N5O3. The van der Waals surface area contributed by atoms with Gasteiger partial charge in [0.25, 0.3) is 11.8 Å². The molecule has 0 radical (unpaired) electrons. The highest BCUT2D eigenvalue weighted by molar-refractivity contribution is 5.96. The van der Waals surface area contributed by atoms with Crippen molar-refractivity contribution in [3.63, 3.8) is 0 Å². The minimum atomic E-state index is -0.118. The number of aromatic nitrogens is 2. The smallest absolute Gasteiger partial charge is 0.274 e. The van der Waals surface area contributed by atoms with Crippen LogP contribution >= 0.6 is 0 Å². The Morgan fingerprint density at radius 3 is 2.46 bits per heavy atom. The Morgan fingerprint density at radius 2 is 1.71 bits per heavy atom. The Kier molecular flexibility index (Phi) is 4.80. The lowest BCUT2D eigenvalue weighted by Crippen LogP contribution is -2.47. The van der Waals surface area contributed by atoms with Gasteiger partial charge in [-0.15, -0.1) is 0 Å². The SMILES string of the molecule is Cc1c(O)cccc1C(=O)N1CCn2nc(C(=O)N3CCN(C)CC3)cc2C1. The monoisotopic (exact) mass is 383 g/mol. The summed E-state index contributed by atoms with van der Waals surface area (Å²) >= 11 is 0. The number of likely N-dealkylation sites (N-methyl/N-ethyl adjacent to an activating group) is 1. The van der Waals surface area contributed by atoms with Crippen LogP contribution in [0.2, 0.25) is 0 Å². The maximum absolute atomic E-state index is 12.9. The molecule has 1 N–H and O–H groups in total. The number of aromatic hydroxyl groups is 1. The van der Waals surface area contributed by atoms with Crippen LogP contribution in [0.25, 0.3) is 0 Å². The summed E-state index contributed by atoms with van der Waals surface area (Å²) in [5.74, 6) is -0.0440. The molecule has 0 saturated carbocycles. The molecule has 148 valence electrons. The number of phenolic OH excluding ortho intramolecular Hbond substituents is 1. The van der Waals surface area contributed by atoms with Crippen molar-refractivity contribution < 1.29 is 14.7 Å². The molecule has 8 nitrogen and oxygen atoms in total. The maximum atomic E-state index is 12.9. The van der Waals surface area contributed by atoms with Gasteiger partial charge in [0.2, 0.25) is 0 Å². The molecule has 1 aromatic carbocycles. The number of piperazine rings is 1. The molecule has 8 heteroatoms. The largest absolute Gasteiger partial charge is 0.508 e. The number of rotatable bonds is 2. The number of carbonyl (C=O) groups is 2. The average Bonchev–Trinajstić information content (AvgIpc) is 3.13. The van der Waals surface area contributed by atoms with E-state index in [1.807, 2.05) is 9.58 Å². The Balaban J connectivity index is 1.49. The third-order valence-corrected chi connectivity index (χ3v) is 5.63. The predicted molar refractivity (Wildman–Crippen MR) is 103 cm³/mol. The summed E-state index contributed by atoms with van der Waals surface area (Å²) < 4.78 is 1.82. The van der Waals surface area contributed by atoms with Gasteiger partial charge in [-0.1, -0.05) is 6.07 Å². The first-order valence-corrected chi connectivity index (χ1v) is 9.56. The molecule has 2 aliphatic heterocycles. The topological polar surface area (TPSA) is 81.9 Å². The van der Waals surface area contributed by atoms with Crippen molar-refractivity contribution >= 4 is 11.8 Å². The number of hydrogen-bond acceptors (Lipinski definition) is 5. The van der Waals surface area contributed by atoms with Crippen molar-refractivity contribution in [2.45, 2.75) is 20.0 Å². The third-order valence-electron chi connectivity index (χ3n) is 5.63. The van der Waals surface area contributed by atoms with Crippen LogP contribution in [0.5, 0.6) is 5.75 Å². The van der Waals surface area contributed by atoms with E-state index in [4.69, 9.17) is 0 Å². The second kappa shape index (κ2) is 7.27. The van der Waals surface area contributed by atoms with Crippen molar-refractivity contribution in [2.24, 2.45) is 0 Å². The second-order valence-corrected chi connectivity index (χ2v) is 7.52. The lowest BCUT2D eigenvalue weighted by atomic mass is 10.1. The van der Waals surface area contributed by atoms with Crippen LogP contribution in [-0.4, -0.2) is 81.2 Å². The van der Waals surface area contributed by atoms with Crippen LogP contribution < -0.4 is 0 Å². The fraction of sp³-hybridized carbons (Fsp3) is 0.450. The van der Waals surface area contributed by atoms with Gasteiger partial charge in [0.1, 0.15) is 5.75 Å². The Hall–Kier alpha value is -2.87. The van der Waals surface area contributed by atoms with E-state index >= 15 is 0 Å². The normalized spacial score (nSPS) is 17.5. The van der Waals surface area contributed by atoms with Gasteiger partial charge in [0.15, 0.2) is 5.69 Å². The number of carbonyl (C=O) groups excluding carboxylic acids is 2. The number of nitrogens with zero attached hydrogens (tertiary/aromatic N) is 5. The van der Waals surface area contributed by atoms with Crippen molar-refractivity contribution in [3.8, 4) is 5.75 Å². The van der Waals surface area contributed by atoms with Gasteiger partial charge in [-0.05, 0) is 32.2 Å². The summed E-state index contributed by atoms with van der Waals surface area (Å²) in [5, 5.41) is 14.4. The molecule has 0 aliphatic carbocycles. The zero-order chi connectivity index (χ0) is 19.8. The molecule has 0 bridgehead atoms. The lowest BCUT2D eigenvalue weighted by molar-refractivity contribution is 0.0653. The molecule has 0 spiro atoms. The first-order valence-electron chi connectivity index (χ1n) is 9.56. The standard InChI is InChI=1S/C20H25N5O3/c1-14-16(4-3-5-18(14)26)19(27)24-10-11-25-15(13-24)12-17(21-25)20(28)23-8-6-22(2)7-9-23/h3-5,12,26H,6-11,13H2,1-2H3. The van der Waals surface area contributed by atoms with Crippen LogP contribution in [0.15, 0.2) is 24.3 Å². The van der Waals surface area contributed by atoms with E-state index in [1.165, 1.54) is 0 Å². The van der Waals surface area contributed by atoms with Gasteiger partial charge in [-0.3, -0.25) is 14.3 Å². The van der Waals surface area contributed by atoms with Gasteiger partial charge in [-0.2, -0.15) is 5.10 Å². The molecule has 1 saturated heterocycles. The second-order valence-electron chi connectivity index (χ2n) is 7.52. The fourth-order valence-corrected chi connectivity index (χ4v) is 3.74. The highest BCUT2D eigenvalue weighted by Gasteiger charge is 2.28. The molecule has 0 atom stereocenters. The Labute approximate surface area is 163 Å². The maximum Gasteiger partial charge on any atom is 0.274 e. The van der Waals surface area contributed by atoms with E-state index in [-0.39, 0.29) is 17.6 Å². The summed E-state index contributed by atoms with van der Waals surface area (Å²) in [6.07, 6.45) is 0. The van der Waals surface area contributed by atoms with Crippen molar-refractivity contribution in [1.29, 1.82) is 0 Å². The Bertz CT molecular complexity index is 915. The molecule has 28 heavy (non-hydrogen) atoms. The minimum absolute atomic E-state index is 0.0447. The van der Waals surface area contributed by atoms with Gasteiger partial charge in [-0.25, -0.2) is 0 Å². The zero-order valence-corrected chi connectivity index (χ0v) is 16.3. The number of fused-ring (bicyclic) bond motifs is 1. The van der Waals surface area contributed by atoms with Gasteiger partial charge >= 0.3 is 0 Å². The first-order chi connectivity index (χ1) is 13.4. The molecule has 0 unspecified atom stereocenters.